The SMILES string of the molecule is [2H]C([2H])([2H])N(Cc1ccc(OC)cc1)c1cc(Cl)nn2c(C(=O)O)cnc12. The maximum absolute atomic E-state index is 11.3. The van der Waals surface area contributed by atoms with E-state index < -0.39 is 12.9 Å². The highest BCUT2D eigenvalue weighted by Crippen LogP contribution is 2.25. The number of aromatic nitrogens is 3. The summed E-state index contributed by atoms with van der Waals surface area (Å²) in [6, 6.07) is 8.28. The number of hydrogen-bond donors (Lipinski definition) is 1. The predicted molar refractivity (Wildman–Crippen MR) is 90.1 cm³/mol. The van der Waals surface area contributed by atoms with Gasteiger partial charge in [-0.1, -0.05) is 23.7 Å². The van der Waals surface area contributed by atoms with Crippen LogP contribution in [-0.4, -0.2) is 39.8 Å². The number of hydrogen-bond acceptors (Lipinski definition) is 5. The van der Waals surface area contributed by atoms with E-state index in [4.69, 9.17) is 20.5 Å². The third-order valence-electron chi connectivity index (χ3n) is 3.43. The Balaban J connectivity index is 2.11. The van der Waals surface area contributed by atoms with Crippen molar-refractivity contribution < 1.29 is 18.8 Å². The van der Waals surface area contributed by atoms with Crippen LogP contribution in [0.2, 0.25) is 5.15 Å². The first-order valence-corrected chi connectivity index (χ1v) is 7.26. The Kier molecular flexibility index (Phi) is 3.34. The molecule has 24 heavy (non-hydrogen) atoms. The van der Waals surface area contributed by atoms with Gasteiger partial charge in [0.2, 0.25) is 0 Å². The second kappa shape index (κ2) is 6.37. The Morgan fingerprint density at radius 3 is 2.83 bits per heavy atom. The number of methoxy groups -OCH3 is 1. The van der Waals surface area contributed by atoms with Crippen molar-refractivity contribution in [3.8, 4) is 5.75 Å². The van der Waals surface area contributed by atoms with Crippen LogP contribution in [0, 0.1) is 0 Å². The summed E-state index contributed by atoms with van der Waals surface area (Å²) in [5.41, 5.74) is 0.728. The number of rotatable bonds is 5. The molecule has 0 fully saturated rings. The van der Waals surface area contributed by atoms with Crippen LogP contribution < -0.4 is 9.64 Å². The maximum atomic E-state index is 11.3. The second-order valence-corrected chi connectivity index (χ2v) is 5.36. The van der Waals surface area contributed by atoms with Gasteiger partial charge >= 0.3 is 5.97 Å². The number of carboxylic acids is 1. The Hall–Kier alpha value is -2.80. The Morgan fingerprint density at radius 2 is 2.21 bits per heavy atom. The van der Waals surface area contributed by atoms with Crippen molar-refractivity contribution in [2.24, 2.45) is 0 Å². The summed E-state index contributed by atoms with van der Waals surface area (Å²) in [4.78, 5) is 16.5. The van der Waals surface area contributed by atoms with Gasteiger partial charge in [0.05, 0.1) is 19.0 Å². The van der Waals surface area contributed by atoms with Crippen LogP contribution in [0.1, 0.15) is 20.2 Å². The molecular weight excluding hydrogens is 332 g/mol. The molecule has 0 aliphatic carbocycles. The van der Waals surface area contributed by atoms with Crippen molar-refractivity contribution >= 4 is 28.9 Å². The minimum Gasteiger partial charge on any atom is -0.497 e. The highest BCUT2D eigenvalue weighted by atomic mass is 35.5. The number of benzene rings is 1. The van der Waals surface area contributed by atoms with E-state index in [1.54, 1.807) is 24.3 Å². The standard InChI is InChI=1S/C16H15ClN4O3/c1-20(9-10-3-5-11(24-2)6-4-10)12-7-14(17)19-21-13(16(22)23)8-18-15(12)21/h3-8H,9H2,1-2H3,(H,22,23)/i1D3. The van der Waals surface area contributed by atoms with Gasteiger partial charge in [-0.3, -0.25) is 0 Å². The molecule has 124 valence electrons. The molecule has 7 nitrogen and oxygen atoms in total. The van der Waals surface area contributed by atoms with Crippen LogP contribution >= 0.6 is 11.6 Å². The molecule has 1 aromatic carbocycles. The van der Waals surface area contributed by atoms with E-state index >= 15 is 0 Å². The fourth-order valence-corrected chi connectivity index (χ4v) is 2.45. The van der Waals surface area contributed by atoms with Crippen molar-refractivity contribution in [2.45, 2.75) is 6.54 Å². The highest BCUT2D eigenvalue weighted by molar-refractivity contribution is 6.29. The molecule has 1 N–H and O–H groups in total. The molecule has 0 bridgehead atoms. The minimum atomic E-state index is -2.53. The summed E-state index contributed by atoms with van der Waals surface area (Å²) in [6.45, 7) is -2.51. The van der Waals surface area contributed by atoms with Gasteiger partial charge in [-0.15, -0.1) is 0 Å². The van der Waals surface area contributed by atoms with Crippen LogP contribution in [0.4, 0.5) is 5.69 Å². The van der Waals surface area contributed by atoms with Crippen LogP contribution in [0.25, 0.3) is 5.65 Å². The van der Waals surface area contributed by atoms with Crippen molar-refractivity contribution in [1.82, 2.24) is 14.6 Å². The van der Waals surface area contributed by atoms with Crippen LogP contribution in [-0.2, 0) is 6.54 Å². The van der Waals surface area contributed by atoms with Gasteiger partial charge in [-0.25, -0.2) is 14.3 Å². The number of imidazole rings is 1. The Bertz CT molecular complexity index is 989. The minimum absolute atomic E-state index is 0.0196. The molecule has 0 aliphatic rings. The largest absolute Gasteiger partial charge is 0.497 e. The van der Waals surface area contributed by atoms with Crippen LogP contribution in [0.15, 0.2) is 36.5 Å². The number of aromatic carboxylic acids is 1. The number of carboxylic acid groups (broad SMARTS) is 1. The van der Waals surface area contributed by atoms with Crippen molar-refractivity contribution in [2.75, 3.05) is 19.0 Å². The monoisotopic (exact) mass is 349 g/mol. The molecule has 0 radical (unpaired) electrons. The average molecular weight is 350 g/mol. The van der Waals surface area contributed by atoms with Gasteiger partial charge in [0.25, 0.3) is 0 Å². The molecule has 3 aromatic rings. The summed E-state index contributed by atoms with van der Waals surface area (Å²) in [7, 11) is 1.54. The highest BCUT2D eigenvalue weighted by Gasteiger charge is 2.17. The molecule has 8 heteroatoms. The normalized spacial score (nSPS) is 13.2. The lowest BCUT2D eigenvalue weighted by Gasteiger charge is -2.20. The van der Waals surface area contributed by atoms with E-state index in [1.807, 2.05) is 0 Å². The first-order valence-electron chi connectivity index (χ1n) is 8.39. The van der Waals surface area contributed by atoms with Gasteiger partial charge in [0, 0.05) is 23.7 Å². The van der Waals surface area contributed by atoms with Gasteiger partial charge in [0.15, 0.2) is 16.5 Å². The molecule has 2 aromatic heterocycles. The number of fused-ring (bicyclic) bond motifs is 1. The third-order valence-corrected chi connectivity index (χ3v) is 3.61. The molecule has 2 heterocycles. The van der Waals surface area contributed by atoms with Gasteiger partial charge in [0.1, 0.15) is 5.75 Å². The quantitative estimate of drug-likeness (QED) is 0.763. The molecule has 0 unspecified atom stereocenters. The fraction of sp³-hybridized carbons (Fsp3) is 0.188. The Morgan fingerprint density at radius 1 is 1.46 bits per heavy atom. The number of halogens is 1. The molecule has 0 spiro atoms. The molecule has 0 amide bonds. The molecular formula is C16H15ClN4O3. The van der Waals surface area contributed by atoms with Gasteiger partial charge in [-0.05, 0) is 17.7 Å². The van der Waals surface area contributed by atoms with Crippen molar-refractivity contribution in [3.63, 3.8) is 0 Å². The number of anilines is 1. The molecule has 0 saturated heterocycles. The zero-order chi connectivity index (χ0) is 19.8. The average Bonchev–Trinajstić information content (AvgIpc) is 3.02. The zero-order valence-corrected chi connectivity index (χ0v) is 13.4. The maximum Gasteiger partial charge on any atom is 0.356 e. The first-order chi connectivity index (χ1) is 12.7. The van der Waals surface area contributed by atoms with Gasteiger partial charge in [-0.2, -0.15) is 5.10 Å². The molecule has 0 saturated carbocycles. The summed E-state index contributed by atoms with van der Waals surface area (Å²) < 4.78 is 29.9. The van der Waals surface area contributed by atoms with E-state index in [1.165, 1.54) is 13.2 Å². The Labute approximate surface area is 147 Å². The lowest BCUT2D eigenvalue weighted by atomic mass is 10.2. The number of nitrogens with zero attached hydrogens (tertiary/aromatic N) is 4. The second-order valence-electron chi connectivity index (χ2n) is 4.97. The number of ether oxygens (including phenoxy) is 1. The summed E-state index contributed by atoms with van der Waals surface area (Å²) >= 11 is 6.01. The predicted octanol–water partition coefficient (Wildman–Crippen LogP) is 2.73. The van der Waals surface area contributed by atoms with Crippen molar-refractivity contribution in [3.05, 3.63) is 52.9 Å². The smallest absolute Gasteiger partial charge is 0.356 e. The fourth-order valence-electron chi connectivity index (χ4n) is 2.27. The summed E-state index contributed by atoms with van der Waals surface area (Å²) in [6.07, 6.45) is 1.11. The lowest BCUT2D eigenvalue weighted by molar-refractivity contribution is 0.0688. The van der Waals surface area contributed by atoms with E-state index in [0.29, 0.717) is 11.3 Å². The van der Waals surface area contributed by atoms with E-state index in [2.05, 4.69) is 10.1 Å². The van der Waals surface area contributed by atoms with Crippen LogP contribution in [0.5, 0.6) is 5.75 Å². The zero-order valence-electron chi connectivity index (χ0n) is 15.6. The lowest BCUT2D eigenvalue weighted by Crippen LogP contribution is -2.18. The van der Waals surface area contributed by atoms with Crippen molar-refractivity contribution in [1.29, 1.82) is 0 Å². The third kappa shape index (κ3) is 2.98. The van der Waals surface area contributed by atoms with E-state index in [0.717, 1.165) is 15.6 Å². The first kappa shape index (κ1) is 12.6. The molecule has 0 aliphatic heterocycles. The topological polar surface area (TPSA) is 80.0 Å². The summed E-state index contributed by atoms with van der Waals surface area (Å²) in [5.74, 6) is -0.605. The van der Waals surface area contributed by atoms with Gasteiger partial charge < -0.3 is 14.7 Å². The number of carbonyl (C=O) groups is 1. The summed E-state index contributed by atoms with van der Waals surface area (Å²) in [5, 5.41) is 13.1. The molecule has 3 rings (SSSR count). The van der Waals surface area contributed by atoms with E-state index in [-0.39, 0.29) is 28.7 Å². The van der Waals surface area contributed by atoms with E-state index in [9.17, 15) is 9.90 Å². The van der Waals surface area contributed by atoms with Crippen LogP contribution in [0.3, 0.4) is 0 Å². The molecule has 0 atom stereocenters.